The van der Waals surface area contributed by atoms with Crippen molar-refractivity contribution in [2.45, 2.75) is 20.3 Å². The molecule has 1 heterocycles. The molecular weight excluding hydrogens is 219 g/mol. The maximum Gasteiger partial charge on any atom is 0.254 e. The third kappa shape index (κ3) is 2.58. The molecule has 0 radical (unpaired) electrons. The van der Waals surface area contributed by atoms with Crippen LogP contribution in [0.25, 0.3) is 0 Å². The van der Waals surface area contributed by atoms with Crippen molar-refractivity contribution in [3.8, 4) is 0 Å². The number of hydrogen-bond acceptors (Lipinski definition) is 2. The number of nitrogens with one attached hydrogen (secondary N) is 1. The third-order valence-electron chi connectivity index (χ3n) is 2.73. The summed E-state index contributed by atoms with van der Waals surface area (Å²) in [6.07, 6.45) is 0.497. The minimum atomic E-state index is -0.268. The molecule has 4 heteroatoms. The normalized spacial score (nSPS) is 10.5. The molecule has 2 rings (SSSR count). The summed E-state index contributed by atoms with van der Waals surface area (Å²) >= 11 is 0. The number of halogens is 1. The van der Waals surface area contributed by atoms with Gasteiger partial charge in [0, 0.05) is 17.7 Å². The van der Waals surface area contributed by atoms with E-state index in [2.05, 4.69) is 9.97 Å². The Morgan fingerprint density at radius 2 is 1.88 bits per heavy atom. The first-order valence-corrected chi connectivity index (χ1v) is 5.37. The van der Waals surface area contributed by atoms with Crippen LogP contribution in [0.3, 0.4) is 0 Å². The van der Waals surface area contributed by atoms with E-state index in [1.165, 1.54) is 12.1 Å². The van der Waals surface area contributed by atoms with Crippen LogP contribution < -0.4 is 5.56 Å². The van der Waals surface area contributed by atoms with Crippen LogP contribution in [0.15, 0.2) is 29.1 Å². The molecule has 0 unspecified atom stereocenters. The number of rotatable bonds is 2. The average Bonchev–Trinajstić information content (AvgIpc) is 2.29. The van der Waals surface area contributed by atoms with Gasteiger partial charge in [-0.05, 0) is 31.5 Å². The van der Waals surface area contributed by atoms with Crippen LogP contribution >= 0.6 is 0 Å². The Balaban J connectivity index is 2.30. The first-order chi connectivity index (χ1) is 8.06. The number of aromatic amines is 1. The number of hydrogen-bond donors (Lipinski definition) is 1. The highest BCUT2D eigenvalue weighted by Crippen LogP contribution is 2.07. The summed E-state index contributed by atoms with van der Waals surface area (Å²) in [5.41, 5.74) is 2.16. The zero-order valence-corrected chi connectivity index (χ0v) is 9.75. The van der Waals surface area contributed by atoms with Crippen LogP contribution in [-0.2, 0) is 6.42 Å². The SMILES string of the molecule is Cc1nc(Cc2ccc(F)cc2)[nH]c(=O)c1C. The lowest BCUT2D eigenvalue weighted by molar-refractivity contribution is 0.627. The quantitative estimate of drug-likeness (QED) is 0.862. The lowest BCUT2D eigenvalue weighted by atomic mass is 10.1. The first kappa shape index (κ1) is 11.5. The molecule has 0 aliphatic carbocycles. The van der Waals surface area contributed by atoms with Gasteiger partial charge in [0.05, 0.1) is 0 Å². The average molecular weight is 232 g/mol. The van der Waals surface area contributed by atoms with Crippen molar-refractivity contribution in [2.24, 2.45) is 0 Å². The molecule has 1 aromatic heterocycles. The van der Waals surface area contributed by atoms with Gasteiger partial charge in [0.15, 0.2) is 0 Å². The maximum absolute atomic E-state index is 12.7. The van der Waals surface area contributed by atoms with E-state index >= 15 is 0 Å². The Hall–Kier alpha value is -1.97. The van der Waals surface area contributed by atoms with E-state index in [1.54, 1.807) is 26.0 Å². The number of aromatic nitrogens is 2. The van der Waals surface area contributed by atoms with Gasteiger partial charge >= 0.3 is 0 Å². The minimum absolute atomic E-state index is 0.116. The van der Waals surface area contributed by atoms with Crippen molar-refractivity contribution in [1.29, 1.82) is 0 Å². The summed E-state index contributed by atoms with van der Waals surface area (Å²) in [7, 11) is 0. The molecule has 0 saturated carbocycles. The fourth-order valence-electron chi connectivity index (χ4n) is 1.58. The zero-order valence-electron chi connectivity index (χ0n) is 9.75. The van der Waals surface area contributed by atoms with Crippen LogP contribution in [0, 0.1) is 19.7 Å². The largest absolute Gasteiger partial charge is 0.310 e. The predicted molar refractivity (Wildman–Crippen MR) is 63.5 cm³/mol. The number of nitrogens with zero attached hydrogens (tertiary/aromatic N) is 1. The summed E-state index contributed by atoms with van der Waals surface area (Å²) in [6.45, 7) is 3.54. The lowest BCUT2D eigenvalue weighted by Crippen LogP contribution is -2.16. The van der Waals surface area contributed by atoms with Crippen LogP contribution in [0.2, 0.25) is 0 Å². The highest BCUT2D eigenvalue weighted by atomic mass is 19.1. The number of aryl methyl sites for hydroxylation is 1. The van der Waals surface area contributed by atoms with E-state index in [1.807, 2.05) is 0 Å². The molecular formula is C13H13FN2O. The van der Waals surface area contributed by atoms with Gasteiger partial charge in [-0.15, -0.1) is 0 Å². The van der Waals surface area contributed by atoms with Gasteiger partial charge in [0.25, 0.3) is 5.56 Å². The predicted octanol–water partition coefficient (Wildman–Crippen LogP) is 2.12. The number of H-pyrrole nitrogens is 1. The summed E-state index contributed by atoms with van der Waals surface area (Å²) < 4.78 is 12.7. The molecule has 3 nitrogen and oxygen atoms in total. The molecule has 0 fully saturated rings. The van der Waals surface area contributed by atoms with E-state index in [4.69, 9.17) is 0 Å². The highest BCUT2D eigenvalue weighted by molar-refractivity contribution is 5.21. The van der Waals surface area contributed by atoms with Crippen molar-refractivity contribution in [3.05, 3.63) is 63.1 Å². The standard InChI is InChI=1S/C13H13FN2O/c1-8-9(2)15-12(16-13(8)17)7-10-3-5-11(14)6-4-10/h3-6H,7H2,1-2H3,(H,15,16,17). The molecule has 88 valence electrons. The van der Waals surface area contributed by atoms with Crippen molar-refractivity contribution in [1.82, 2.24) is 9.97 Å². The second-order valence-corrected chi connectivity index (χ2v) is 4.03. The number of benzene rings is 1. The Kier molecular flexibility index (Phi) is 3.04. The molecule has 0 aliphatic rings. The fraction of sp³-hybridized carbons (Fsp3) is 0.231. The van der Waals surface area contributed by atoms with Crippen LogP contribution in [0.4, 0.5) is 4.39 Å². The Morgan fingerprint density at radius 1 is 1.24 bits per heavy atom. The third-order valence-corrected chi connectivity index (χ3v) is 2.73. The topological polar surface area (TPSA) is 45.8 Å². The summed E-state index contributed by atoms with van der Waals surface area (Å²) in [5, 5.41) is 0. The second kappa shape index (κ2) is 4.49. The molecule has 0 aliphatic heterocycles. The van der Waals surface area contributed by atoms with E-state index in [-0.39, 0.29) is 11.4 Å². The van der Waals surface area contributed by atoms with Gasteiger partial charge in [0.2, 0.25) is 0 Å². The first-order valence-electron chi connectivity index (χ1n) is 5.37. The van der Waals surface area contributed by atoms with Crippen molar-refractivity contribution >= 4 is 0 Å². The smallest absolute Gasteiger partial charge is 0.254 e. The van der Waals surface area contributed by atoms with E-state index in [0.29, 0.717) is 17.8 Å². The van der Waals surface area contributed by atoms with Gasteiger partial charge < -0.3 is 4.98 Å². The summed E-state index contributed by atoms with van der Waals surface area (Å²) in [6, 6.07) is 6.16. The van der Waals surface area contributed by atoms with E-state index in [9.17, 15) is 9.18 Å². The highest BCUT2D eigenvalue weighted by Gasteiger charge is 2.04. The molecule has 0 saturated heterocycles. The molecule has 0 bridgehead atoms. The van der Waals surface area contributed by atoms with E-state index in [0.717, 1.165) is 11.3 Å². The lowest BCUT2D eigenvalue weighted by Gasteiger charge is -2.04. The minimum Gasteiger partial charge on any atom is -0.310 e. The maximum atomic E-state index is 12.7. The molecule has 0 amide bonds. The van der Waals surface area contributed by atoms with E-state index < -0.39 is 0 Å². The zero-order chi connectivity index (χ0) is 12.4. The fourth-order valence-corrected chi connectivity index (χ4v) is 1.58. The van der Waals surface area contributed by atoms with Crippen molar-refractivity contribution in [3.63, 3.8) is 0 Å². The summed E-state index contributed by atoms with van der Waals surface area (Å²) in [4.78, 5) is 18.6. The van der Waals surface area contributed by atoms with Gasteiger partial charge in [0.1, 0.15) is 11.6 Å². The van der Waals surface area contributed by atoms with Crippen LogP contribution in [0.1, 0.15) is 22.6 Å². The molecule has 2 aromatic rings. The monoisotopic (exact) mass is 232 g/mol. The second-order valence-electron chi connectivity index (χ2n) is 4.03. The van der Waals surface area contributed by atoms with Crippen molar-refractivity contribution in [2.75, 3.05) is 0 Å². The molecule has 1 aromatic carbocycles. The summed E-state index contributed by atoms with van der Waals surface area (Å²) in [5.74, 6) is 0.333. The molecule has 17 heavy (non-hydrogen) atoms. The van der Waals surface area contributed by atoms with Crippen LogP contribution in [0.5, 0.6) is 0 Å². The van der Waals surface area contributed by atoms with Gasteiger partial charge in [-0.2, -0.15) is 0 Å². The van der Waals surface area contributed by atoms with Gasteiger partial charge in [-0.3, -0.25) is 4.79 Å². The molecule has 0 spiro atoms. The van der Waals surface area contributed by atoms with Gasteiger partial charge in [-0.25, -0.2) is 9.37 Å². The Bertz CT molecular complexity index is 587. The van der Waals surface area contributed by atoms with Gasteiger partial charge in [-0.1, -0.05) is 12.1 Å². The Morgan fingerprint density at radius 3 is 2.47 bits per heavy atom. The van der Waals surface area contributed by atoms with Crippen molar-refractivity contribution < 1.29 is 4.39 Å². The molecule has 0 atom stereocenters. The Labute approximate surface area is 98.3 Å². The molecule has 1 N–H and O–H groups in total. The van der Waals surface area contributed by atoms with Crippen LogP contribution in [-0.4, -0.2) is 9.97 Å².